The third-order valence-corrected chi connectivity index (χ3v) is 4.26. The minimum Gasteiger partial charge on any atom is -0.342 e. The molecule has 0 radical (unpaired) electrons. The smallest absolute Gasteiger partial charge is 0.246 e. The van der Waals surface area contributed by atoms with E-state index in [1.54, 1.807) is 4.90 Å². The fourth-order valence-electron chi connectivity index (χ4n) is 2.72. The van der Waals surface area contributed by atoms with E-state index in [2.05, 4.69) is 19.2 Å². The highest BCUT2D eigenvalue weighted by Crippen LogP contribution is 2.34. The molecule has 1 aliphatic carbocycles. The molecule has 2 fully saturated rings. The van der Waals surface area contributed by atoms with Crippen LogP contribution in [0.25, 0.3) is 0 Å². The number of hydrogen-bond acceptors (Lipinski definition) is 2. The summed E-state index contributed by atoms with van der Waals surface area (Å²) in [7, 11) is 0. The van der Waals surface area contributed by atoms with Gasteiger partial charge < -0.3 is 10.2 Å². The van der Waals surface area contributed by atoms with Crippen molar-refractivity contribution in [1.29, 1.82) is 0 Å². The highest BCUT2D eigenvalue weighted by atomic mass is 16.2. The van der Waals surface area contributed by atoms with Gasteiger partial charge in [0.15, 0.2) is 0 Å². The van der Waals surface area contributed by atoms with Gasteiger partial charge in [-0.15, -0.1) is 0 Å². The summed E-state index contributed by atoms with van der Waals surface area (Å²) in [4.78, 5) is 26.6. The minimum absolute atomic E-state index is 0.0199. The van der Waals surface area contributed by atoms with E-state index in [-0.39, 0.29) is 17.9 Å². The summed E-state index contributed by atoms with van der Waals surface area (Å²) in [5, 5.41) is 2.89. The lowest BCUT2D eigenvalue weighted by atomic mass is 9.92. The molecule has 1 saturated heterocycles. The maximum absolute atomic E-state index is 12.6. The van der Waals surface area contributed by atoms with Crippen molar-refractivity contribution in [3.05, 3.63) is 0 Å². The summed E-state index contributed by atoms with van der Waals surface area (Å²) in [5.41, 5.74) is -0.709. The topological polar surface area (TPSA) is 49.4 Å². The lowest BCUT2D eigenvalue weighted by molar-refractivity contribution is -0.155. The summed E-state index contributed by atoms with van der Waals surface area (Å²) < 4.78 is 0. The maximum Gasteiger partial charge on any atom is 0.246 e. The maximum atomic E-state index is 12.6. The lowest BCUT2D eigenvalue weighted by Crippen LogP contribution is -2.68. The van der Waals surface area contributed by atoms with Gasteiger partial charge in [-0.1, -0.05) is 26.7 Å². The molecule has 0 aromatic carbocycles. The molecule has 1 heterocycles. The molecule has 1 atom stereocenters. The molecule has 0 bridgehead atoms. The van der Waals surface area contributed by atoms with E-state index in [1.807, 2.05) is 13.8 Å². The molecular formula is C15H26N2O2. The summed E-state index contributed by atoms with van der Waals surface area (Å²) >= 11 is 0. The molecule has 4 heteroatoms. The molecule has 2 aliphatic rings. The summed E-state index contributed by atoms with van der Waals surface area (Å²) in [6.45, 7) is 8.57. The van der Waals surface area contributed by atoms with E-state index in [0.717, 1.165) is 25.3 Å². The number of piperazine rings is 1. The Hall–Kier alpha value is -1.06. The zero-order chi connectivity index (χ0) is 14.2. The summed E-state index contributed by atoms with van der Waals surface area (Å²) in [6.07, 6.45) is 4.32. The van der Waals surface area contributed by atoms with Gasteiger partial charge in [0.2, 0.25) is 11.8 Å². The zero-order valence-corrected chi connectivity index (χ0v) is 12.5. The molecule has 2 rings (SSSR count). The van der Waals surface area contributed by atoms with E-state index in [1.165, 1.54) is 12.8 Å². The monoisotopic (exact) mass is 266 g/mol. The number of amides is 2. The van der Waals surface area contributed by atoms with Crippen molar-refractivity contribution in [2.45, 2.75) is 65.0 Å². The zero-order valence-electron chi connectivity index (χ0n) is 12.5. The van der Waals surface area contributed by atoms with Crippen molar-refractivity contribution in [2.75, 3.05) is 6.54 Å². The molecule has 0 spiro atoms. The van der Waals surface area contributed by atoms with E-state index >= 15 is 0 Å². The highest BCUT2D eigenvalue weighted by molar-refractivity contribution is 5.99. The fraction of sp³-hybridized carbons (Fsp3) is 0.867. The van der Waals surface area contributed by atoms with Crippen molar-refractivity contribution in [3.8, 4) is 0 Å². The molecular weight excluding hydrogens is 240 g/mol. The van der Waals surface area contributed by atoms with Crippen LogP contribution in [0.3, 0.4) is 0 Å². The Kier molecular flexibility index (Phi) is 3.88. The van der Waals surface area contributed by atoms with Crippen molar-refractivity contribution in [3.63, 3.8) is 0 Å². The molecule has 1 saturated carbocycles. The number of nitrogens with zero attached hydrogens (tertiary/aromatic N) is 1. The van der Waals surface area contributed by atoms with Crippen LogP contribution in [0.4, 0.5) is 0 Å². The van der Waals surface area contributed by atoms with Gasteiger partial charge in [0.1, 0.15) is 11.6 Å². The Morgan fingerprint density at radius 2 is 1.95 bits per heavy atom. The molecule has 1 unspecified atom stereocenters. The molecule has 19 heavy (non-hydrogen) atoms. The number of carbonyl (C=O) groups excluding carboxylic acids is 2. The van der Waals surface area contributed by atoms with E-state index in [4.69, 9.17) is 0 Å². The van der Waals surface area contributed by atoms with Crippen LogP contribution in [0.15, 0.2) is 0 Å². The van der Waals surface area contributed by atoms with Crippen molar-refractivity contribution in [1.82, 2.24) is 10.2 Å². The Bertz CT molecular complexity index is 372. The lowest BCUT2D eigenvalue weighted by Gasteiger charge is -2.44. The van der Waals surface area contributed by atoms with E-state index in [9.17, 15) is 9.59 Å². The first-order chi connectivity index (χ1) is 8.82. The Morgan fingerprint density at radius 1 is 1.32 bits per heavy atom. The van der Waals surface area contributed by atoms with Gasteiger partial charge >= 0.3 is 0 Å². The number of nitrogens with one attached hydrogen (secondary N) is 1. The highest BCUT2D eigenvalue weighted by Gasteiger charge is 2.46. The molecule has 0 aromatic heterocycles. The standard InChI is InChI=1S/C15H26N2O2/c1-10(2)9-12-13(18)17(8-7-11-5-6-11)15(3,4)14(19)16-12/h10-12H,5-9H2,1-4H3,(H,16,19). The van der Waals surface area contributed by atoms with Crippen LogP contribution in [-0.4, -0.2) is 34.8 Å². The average Bonchev–Trinajstić information content (AvgIpc) is 3.09. The van der Waals surface area contributed by atoms with Crippen molar-refractivity contribution >= 4 is 11.8 Å². The van der Waals surface area contributed by atoms with Crippen LogP contribution in [0.1, 0.15) is 53.4 Å². The molecule has 4 nitrogen and oxygen atoms in total. The van der Waals surface area contributed by atoms with Gasteiger partial charge in [-0.05, 0) is 38.5 Å². The van der Waals surface area contributed by atoms with Crippen LogP contribution >= 0.6 is 0 Å². The van der Waals surface area contributed by atoms with Crippen LogP contribution in [0, 0.1) is 11.8 Å². The minimum atomic E-state index is -0.709. The van der Waals surface area contributed by atoms with Crippen molar-refractivity contribution < 1.29 is 9.59 Å². The van der Waals surface area contributed by atoms with Crippen LogP contribution in [0.2, 0.25) is 0 Å². The van der Waals surface area contributed by atoms with Crippen LogP contribution in [-0.2, 0) is 9.59 Å². The largest absolute Gasteiger partial charge is 0.342 e. The second-order valence-corrected chi connectivity index (χ2v) is 6.94. The predicted molar refractivity (Wildman–Crippen MR) is 74.5 cm³/mol. The average molecular weight is 266 g/mol. The Balaban J connectivity index is 2.08. The quantitative estimate of drug-likeness (QED) is 0.826. The predicted octanol–water partition coefficient (Wildman–Crippen LogP) is 1.94. The molecule has 1 aliphatic heterocycles. The Labute approximate surface area is 115 Å². The molecule has 1 N–H and O–H groups in total. The van der Waals surface area contributed by atoms with E-state index in [0.29, 0.717) is 5.92 Å². The third-order valence-electron chi connectivity index (χ3n) is 4.26. The second-order valence-electron chi connectivity index (χ2n) is 6.94. The molecule has 108 valence electrons. The molecule has 0 aromatic rings. The summed E-state index contributed by atoms with van der Waals surface area (Å²) in [6, 6.07) is -0.334. The Morgan fingerprint density at radius 3 is 2.47 bits per heavy atom. The van der Waals surface area contributed by atoms with Gasteiger partial charge in [0, 0.05) is 6.54 Å². The normalized spacial score (nSPS) is 26.8. The molecule has 2 amide bonds. The number of carbonyl (C=O) groups is 2. The first-order valence-corrected chi connectivity index (χ1v) is 7.44. The van der Waals surface area contributed by atoms with Gasteiger partial charge in [0.05, 0.1) is 0 Å². The van der Waals surface area contributed by atoms with Crippen LogP contribution < -0.4 is 5.32 Å². The van der Waals surface area contributed by atoms with Crippen LogP contribution in [0.5, 0.6) is 0 Å². The van der Waals surface area contributed by atoms with Crippen molar-refractivity contribution in [2.24, 2.45) is 11.8 Å². The van der Waals surface area contributed by atoms with Gasteiger partial charge in [0.25, 0.3) is 0 Å². The van der Waals surface area contributed by atoms with Gasteiger partial charge in [-0.25, -0.2) is 0 Å². The number of hydrogen-bond donors (Lipinski definition) is 1. The fourth-order valence-corrected chi connectivity index (χ4v) is 2.72. The first kappa shape index (κ1) is 14.4. The first-order valence-electron chi connectivity index (χ1n) is 7.44. The third kappa shape index (κ3) is 3.10. The van der Waals surface area contributed by atoms with Gasteiger partial charge in [-0.2, -0.15) is 0 Å². The van der Waals surface area contributed by atoms with E-state index < -0.39 is 5.54 Å². The second kappa shape index (κ2) is 5.14. The summed E-state index contributed by atoms with van der Waals surface area (Å²) in [5.74, 6) is 1.25. The van der Waals surface area contributed by atoms with Gasteiger partial charge in [-0.3, -0.25) is 9.59 Å². The SMILES string of the molecule is CC(C)CC1NC(=O)C(C)(C)N(CCC2CC2)C1=O. The number of rotatable bonds is 5.